The molecule has 1 amide bonds. The van der Waals surface area contributed by atoms with Crippen molar-refractivity contribution in [1.29, 1.82) is 0 Å². The molecule has 5 heteroatoms. The van der Waals surface area contributed by atoms with Crippen molar-refractivity contribution in [2.24, 2.45) is 5.92 Å². The number of carbonyl (C=O) groups excluding carboxylic acids is 1. The largest absolute Gasteiger partial charge is 0.478 e. The van der Waals surface area contributed by atoms with E-state index < -0.39 is 5.97 Å². The number of carbonyl (C=O) groups is 2. The molecule has 0 radical (unpaired) electrons. The molecule has 5 nitrogen and oxygen atoms in total. The third kappa shape index (κ3) is 3.84. The number of aromatic nitrogens is 1. The van der Waals surface area contributed by atoms with Gasteiger partial charge in [0.15, 0.2) is 0 Å². The van der Waals surface area contributed by atoms with Crippen LogP contribution >= 0.6 is 0 Å². The van der Waals surface area contributed by atoms with Gasteiger partial charge in [0, 0.05) is 19.7 Å². The Morgan fingerprint density at radius 3 is 2.67 bits per heavy atom. The summed E-state index contributed by atoms with van der Waals surface area (Å²) in [6, 6.07) is 2.80. The minimum absolute atomic E-state index is 0.0567. The smallest absolute Gasteiger partial charge is 0.335 e. The van der Waals surface area contributed by atoms with Gasteiger partial charge >= 0.3 is 5.97 Å². The third-order valence-electron chi connectivity index (χ3n) is 2.65. The molecule has 18 heavy (non-hydrogen) atoms. The molecule has 0 aliphatic carbocycles. The third-order valence-corrected chi connectivity index (χ3v) is 2.65. The van der Waals surface area contributed by atoms with Gasteiger partial charge in [-0.2, -0.15) is 0 Å². The van der Waals surface area contributed by atoms with E-state index in [1.54, 1.807) is 7.05 Å². The molecule has 0 fully saturated rings. The molecule has 0 atom stereocenters. The first-order valence-corrected chi connectivity index (χ1v) is 5.87. The first-order chi connectivity index (χ1) is 8.41. The minimum Gasteiger partial charge on any atom is -0.478 e. The van der Waals surface area contributed by atoms with Crippen LogP contribution in [0.1, 0.15) is 37.0 Å². The average Bonchev–Trinajstić information content (AvgIpc) is 2.35. The summed E-state index contributed by atoms with van der Waals surface area (Å²) in [7, 11) is 1.61. The highest BCUT2D eigenvalue weighted by atomic mass is 16.4. The van der Waals surface area contributed by atoms with Crippen molar-refractivity contribution in [1.82, 2.24) is 4.98 Å². The number of carboxylic acid groups (broad SMARTS) is 1. The zero-order chi connectivity index (χ0) is 13.7. The molecule has 0 saturated carbocycles. The van der Waals surface area contributed by atoms with Crippen molar-refractivity contribution in [3.8, 4) is 0 Å². The molecule has 0 saturated heterocycles. The van der Waals surface area contributed by atoms with Crippen LogP contribution in [0.15, 0.2) is 18.3 Å². The Bertz CT molecular complexity index is 444. The van der Waals surface area contributed by atoms with Crippen molar-refractivity contribution in [3.63, 3.8) is 0 Å². The summed E-state index contributed by atoms with van der Waals surface area (Å²) in [6.45, 7) is 4.10. The highest BCUT2D eigenvalue weighted by molar-refractivity contribution is 5.94. The summed E-state index contributed by atoms with van der Waals surface area (Å²) in [5.74, 6) is -0.260. The topological polar surface area (TPSA) is 70.5 Å². The van der Waals surface area contributed by atoms with Crippen LogP contribution in [0.4, 0.5) is 5.82 Å². The lowest BCUT2D eigenvalue weighted by Crippen LogP contribution is -2.27. The molecule has 1 N–H and O–H groups in total. The van der Waals surface area contributed by atoms with Gasteiger partial charge in [-0.05, 0) is 24.5 Å². The molecule has 0 aromatic carbocycles. The Kier molecular flexibility index (Phi) is 4.83. The quantitative estimate of drug-likeness (QED) is 0.869. The Morgan fingerprint density at radius 1 is 1.44 bits per heavy atom. The maximum Gasteiger partial charge on any atom is 0.335 e. The van der Waals surface area contributed by atoms with Crippen molar-refractivity contribution in [2.75, 3.05) is 11.9 Å². The van der Waals surface area contributed by atoms with Gasteiger partial charge in [0.2, 0.25) is 5.91 Å². The average molecular weight is 250 g/mol. The zero-order valence-electron chi connectivity index (χ0n) is 10.9. The molecule has 1 heterocycles. The number of nitrogens with zero attached hydrogens (tertiary/aromatic N) is 2. The van der Waals surface area contributed by atoms with Crippen molar-refractivity contribution in [3.05, 3.63) is 23.9 Å². The second-order valence-electron chi connectivity index (χ2n) is 4.59. The van der Waals surface area contributed by atoms with Crippen LogP contribution in [0.25, 0.3) is 0 Å². The van der Waals surface area contributed by atoms with Crippen LogP contribution in [-0.4, -0.2) is 29.0 Å². The molecule has 0 unspecified atom stereocenters. The predicted octanol–water partition coefficient (Wildman–Crippen LogP) is 2.18. The number of rotatable bonds is 5. The lowest BCUT2D eigenvalue weighted by atomic mass is 10.1. The van der Waals surface area contributed by atoms with Crippen molar-refractivity contribution >= 4 is 17.7 Å². The van der Waals surface area contributed by atoms with E-state index in [4.69, 9.17) is 5.11 Å². The predicted molar refractivity (Wildman–Crippen MR) is 68.7 cm³/mol. The molecule has 1 aromatic rings. The summed E-state index contributed by atoms with van der Waals surface area (Å²) in [4.78, 5) is 28.1. The molecule has 1 rings (SSSR count). The van der Waals surface area contributed by atoms with Gasteiger partial charge in [-0.25, -0.2) is 9.78 Å². The van der Waals surface area contributed by atoms with Gasteiger partial charge < -0.3 is 5.11 Å². The zero-order valence-corrected chi connectivity index (χ0v) is 10.9. The highest BCUT2D eigenvalue weighted by Gasteiger charge is 2.14. The number of anilines is 1. The van der Waals surface area contributed by atoms with Crippen LogP contribution in [0.5, 0.6) is 0 Å². The fraction of sp³-hybridized carbons (Fsp3) is 0.462. The van der Waals surface area contributed by atoms with E-state index in [1.165, 1.54) is 23.2 Å². The standard InChI is InChI=1S/C13H18N2O3/c1-9(2)4-5-12(16)15(3)11-8-10(13(17)18)6-7-14-11/h6-9H,4-5H2,1-3H3,(H,17,18). The first-order valence-electron chi connectivity index (χ1n) is 5.87. The lowest BCUT2D eigenvalue weighted by Gasteiger charge is -2.17. The maximum atomic E-state index is 11.9. The summed E-state index contributed by atoms with van der Waals surface area (Å²) >= 11 is 0. The van der Waals surface area contributed by atoms with Gasteiger partial charge in [0.05, 0.1) is 5.56 Å². The highest BCUT2D eigenvalue weighted by Crippen LogP contribution is 2.14. The van der Waals surface area contributed by atoms with Crippen LogP contribution in [0, 0.1) is 5.92 Å². The Labute approximate surface area is 106 Å². The van der Waals surface area contributed by atoms with Crippen LogP contribution in [0.3, 0.4) is 0 Å². The number of carboxylic acids is 1. The van der Waals surface area contributed by atoms with E-state index in [2.05, 4.69) is 18.8 Å². The summed E-state index contributed by atoms with van der Waals surface area (Å²) in [5.41, 5.74) is 0.128. The van der Waals surface area contributed by atoms with Gasteiger partial charge in [-0.3, -0.25) is 9.69 Å². The lowest BCUT2D eigenvalue weighted by molar-refractivity contribution is -0.118. The molecule has 1 aromatic heterocycles. The SMILES string of the molecule is CC(C)CCC(=O)N(C)c1cc(C(=O)O)ccn1. The van der Waals surface area contributed by atoms with E-state index in [9.17, 15) is 9.59 Å². The van der Waals surface area contributed by atoms with E-state index >= 15 is 0 Å². The van der Waals surface area contributed by atoms with Crippen LogP contribution in [0.2, 0.25) is 0 Å². The number of pyridine rings is 1. The summed E-state index contributed by atoms with van der Waals surface area (Å²) in [5, 5.41) is 8.87. The molecule has 0 bridgehead atoms. The fourth-order valence-electron chi connectivity index (χ4n) is 1.44. The van der Waals surface area contributed by atoms with Gasteiger partial charge in [0.25, 0.3) is 0 Å². The Hall–Kier alpha value is -1.91. The molecule has 98 valence electrons. The summed E-state index contributed by atoms with van der Waals surface area (Å²) < 4.78 is 0. The first kappa shape index (κ1) is 14.2. The molecular formula is C13H18N2O3. The number of hydrogen-bond donors (Lipinski definition) is 1. The Morgan fingerprint density at radius 2 is 2.11 bits per heavy atom. The van der Waals surface area contributed by atoms with Crippen LogP contribution < -0.4 is 4.90 Å². The van der Waals surface area contributed by atoms with Crippen LogP contribution in [-0.2, 0) is 4.79 Å². The van der Waals surface area contributed by atoms with Gasteiger partial charge in [0.1, 0.15) is 5.82 Å². The molecule has 0 spiro atoms. The molecular weight excluding hydrogens is 232 g/mol. The molecule has 0 aliphatic heterocycles. The second kappa shape index (κ2) is 6.14. The number of aromatic carboxylic acids is 1. The van der Waals surface area contributed by atoms with Gasteiger partial charge in [-0.1, -0.05) is 13.8 Å². The fourth-order valence-corrected chi connectivity index (χ4v) is 1.44. The second-order valence-corrected chi connectivity index (χ2v) is 4.59. The van der Waals surface area contributed by atoms with E-state index in [0.717, 1.165) is 6.42 Å². The maximum absolute atomic E-state index is 11.9. The monoisotopic (exact) mass is 250 g/mol. The van der Waals surface area contributed by atoms with Gasteiger partial charge in [-0.15, -0.1) is 0 Å². The Balaban J connectivity index is 2.77. The summed E-state index contributed by atoms with van der Waals surface area (Å²) in [6.07, 6.45) is 2.64. The van der Waals surface area contributed by atoms with E-state index in [0.29, 0.717) is 18.2 Å². The molecule has 0 aliphatic rings. The normalized spacial score (nSPS) is 10.4. The van der Waals surface area contributed by atoms with E-state index in [1.807, 2.05) is 0 Å². The number of amides is 1. The van der Waals surface area contributed by atoms with Crippen molar-refractivity contribution < 1.29 is 14.7 Å². The van der Waals surface area contributed by atoms with Crippen molar-refractivity contribution in [2.45, 2.75) is 26.7 Å². The number of hydrogen-bond acceptors (Lipinski definition) is 3. The minimum atomic E-state index is -1.03. The van der Waals surface area contributed by atoms with E-state index in [-0.39, 0.29) is 11.5 Å².